The molecular weight excluding hydrogens is 451 g/mol. The summed E-state index contributed by atoms with van der Waals surface area (Å²) in [6, 6.07) is 5.48. The minimum atomic E-state index is -0.183. The van der Waals surface area contributed by atoms with E-state index in [-0.39, 0.29) is 18.1 Å². The summed E-state index contributed by atoms with van der Waals surface area (Å²) in [4.78, 5) is 21.8. The maximum absolute atomic E-state index is 12.8. The fourth-order valence-electron chi connectivity index (χ4n) is 3.92. The highest BCUT2D eigenvalue weighted by atomic mass is 35.5. The Kier molecular flexibility index (Phi) is 8.32. The number of carbonyl (C=O) groups is 1. The Labute approximate surface area is 198 Å². The van der Waals surface area contributed by atoms with Crippen LogP contribution in [-0.4, -0.2) is 61.8 Å². The third-order valence-corrected chi connectivity index (χ3v) is 6.48. The molecule has 2 N–H and O–H groups in total. The van der Waals surface area contributed by atoms with Gasteiger partial charge in [0.2, 0.25) is 0 Å². The standard InChI is InChI=1S/C23H28Cl2N4O3/c24-19-1-2-22(28-11-15-3-6-31-7-4-15)29-23(19)18-9-17(27-13-20(18)25)10-21(30)16-12-26-5-8-32-14-16/h1-2,9,13,15-16,26H,3-8,10-12,14H2,(H,28,29)/t16-/m0/s1. The van der Waals surface area contributed by atoms with E-state index in [2.05, 4.69) is 15.6 Å². The van der Waals surface area contributed by atoms with Gasteiger partial charge in [0.1, 0.15) is 11.6 Å². The molecule has 9 heteroatoms. The summed E-state index contributed by atoms with van der Waals surface area (Å²) in [6.07, 6.45) is 3.85. The molecule has 0 spiro atoms. The van der Waals surface area contributed by atoms with Crippen molar-refractivity contribution in [2.45, 2.75) is 19.3 Å². The van der Waals surface area contributed by atoms with Crippen molar-refractivity contribution in [3.8, 4) is 11.3 Å². The van der Waals surface area contributed by atoms with Gasteiger partial charge >= 0.3 is 0 Å². The van der Waals surface area contributed by atoms with E-state index in [1.165, 1.54) is 0 Å². The second kappa shape index (κ2) is 11.4. The molecule has 172 valence electrons. The first-order valence-corrected chi connectivity index (χ1v) is 11.8. The second-order valence-corrected chi connectivity index (χ2v) is 9.05. The normalized spacial score (nSPS) is 20.0. The SMILES string of the molecule is O=C(Cc1cc(-c2nc(NCC3CCOCC3)ccc2Cl)c(Cl)cn1)[C@H]1CNCCOC1. The Bertz CT molecular complexity index is 929. The third kappa shape index (κ3) is 6.17. The van der Waals surface area contributed by atoms with Crippen LogP contribution in [0.1, 0.15) is 18.5 Å². The lowest BCUT2D eigenvalue weighted by Gasteiger charge is -2.22. The van der Waals surface area contributed by atoms with Crippen molar-refractivity contribution in [1.82, 2.24) is 15.3 Å². The van der Waals surface area contributed by atoms with Crippen LogP contribution in [0.2, 0.25) is 10.0 Å². The number of Topliss-reactive ketones (excluding diaryl/α,β-unsaturated/α-hetero) is 1. The summed E-state index contributed by atoms with van der Waals surface area (Å²) in [7, 11) is 0. The van der Waals surface area contributed by atoms with E-state index in [9.17, 15) is 4.79 Å². The highest BCUT2D eigenvalue weighted by Gasteiger charge is 2.22. The van der Waals surface area contributed by atoms with Crippen molar-refractivity contribution in [2.75, 3.05) is 51.4 Å². The lowest BCUT2D eigenvalue weighted by atomic mass is 9.99. The minimum Gasteiger partial charge on any atom is -0.381 e. The van der Waals surface area contributed by atoms with E-state index in [4.69, 9.17) is 37.7 Å². The van der Waals surface area contributed by atoms with Gasteiger partial charge in [-0.3, -0.25) is 9.78 Å². The number of ether oxygens (including phenoxy) is 2. The fourth-order valence-corrected chi connectivity index (χ4v) is 4.32. The largest absolute Gasteiger partial charge is 0.381 e. The lowest BCUT2D eigenvalue weighted by Crippen LogP contribution is -2.30. The van der Waals surface area contributed by atoms with E-state index in [0.29, 0.717) is 52.7 Å². The molecule has 4 heterocycles. The molecule has 1 atom stereocenters. The molecule has 0 radical (unpaired) electrons. The molecule has 2 aromatic heterocycles. The number of nitrogens with zero attached hydrogens (tertiary/aromatic N) is 2. The van der Waals surface area contributed by atoms with Crippen molar-refractivity contribution in [3.63, 3.8) is 0 Å². The van der Waals surface area contributed by atoms with Crippen molar-refractivity contribution in [1.29, 1.82) is 0 Å². The van der Waals surface area contributed by atoms with Gasteiger partial charge in [0.25, 0.3) is 0 Å². The Hall–Kier alpha value is -1.77. The Morgan fingerprint density at radius 3 is 2.84 bits per heavy atom. The van der Waals surface area contributed by atoms with Crippen LogP contribution in [0.4, 0.5) is 5.82 Å². The predicted molar refractivity (Wildman–Crippen MR) is 125 cm³/mol. The maximum atomic E-state index is 12.8. The molecule has 7 nitrogen and oxygen atoms in total. The molecule has 0 aromatic carbocycles. The molecule has 0 saturated carbocycles. The van der Waals surface area contributed by atoms with Gasteiger partial charge in [-0.2, -0.15) is 0 Å². The zero-order valence-electron chi connectivity index (χ0n) is 17.9. The number of carbonyl (C=O) groups excluding carboxylic acids is 1. The summed E-state index contributed by atoms with van der Waals surface area (Å²) in [5, 5.41) is 7.57. The van der Waals surface area contributed by atoms with Gasteiger partial charge < -0.3 is 20.1 Å². The molecule has 2 fully saturated rings. The van der Waals surface area contributed by atoms with Crippen molar-refractivity contribution < 1.29 is 14.3 Å². The molecule has 0 aliphatic carbocycles. The van der Waals surface area contributed by atoms with Gasteiger partial charge in [0, 0.05) is 56.7 Å². The molecule has 32 heavy (non-hydrogen) atoms. The van der Waals surface area contributed by atoms with Gasteiger partial charge in [0.15, 0.2) is 0 Å². The number of halogens is 2. The third-order valence-electron chi connectivity index (χ3n) is 5.87. The monoisotopic (exact) mass is 478 g/mol. The summed E-state index contributed by atoms with van der Waals surface area (Å²) < 4.78 is 10.9. The second-order valence-electron chi connectivity index (χ2n) is 8.24. The quantitative estimate of drug-likeness (QED) is 0.627. The molecule has 4 rings (SSSR count). The van der Waals surface area contributed by atoms with Crippen LogP contribution >= 0.6 is 23.2 Å². The maximum Gasteiger partial charge on any atom is 0.145 e. The first-order chi connectivity index (χ1) is 15.6. The van der Waals surface area contributed by atoms with Crippen LogP contribution in [0.15, 0.2) is 24.4 Å². The number of pyridine rings is 2. The number of rotatable bonds is 7. The summed E-state index contributed by atoms with van der Waals surface area (Å²) in [6.45, 7) is 4.88. The van der Waals surface area contributed by atoms with E-state index < -0.39 is 0 Å². The lowest BCUT2D eigenvalue weighted by molar-refractivity contribution is -0.123. The van der Waals surface area contributed by atoms with E-state index in [1.54, 1.807) is 6.20 Å². The Morgan fingerprint density at radius 2 is 2.00 bits per heavy atom. The molecule has 0 unspecified atom stereocenters. The van der Waals surface area contributed by atoms with E-state index in [0.717, 1.165) is 45.0 Å². The molecule has 2 aliphatic heterocycles. The molecule has 0 bridgehead atoms. The van der Waals surface area contributed by atoms with E-state index in [1.807, 2.05) is 18.2 Å². The predicted octanol–water partition coefficient (Wildman–Crippen LogP) is 3.64. The topological polar surface area (TPSA) is 85.4 Å². The highest BCUT2D eigenvalue weighted by molar-refractivity contribution is 6.36. The Morgan fingerprint density at radius 1 is 1.16 bits per heavy atom. The van der Waals surface area contributed by atoms with Gasteiger partial charge in [-0.15, -0.1) is 0 Å². The fraction of sp³-hybridized carbons (Fsp3) is 0.522. The van der Waals surface area contributed by atoms with Crippen LogP contribution < -0.4 is 10.6 Å². The minimum absolute atomic E-state index is 0.0890. The van der Waals surface area contributed by atoms with Crippen molar-refractivity contribution >= 4 is 34.8 Å². The average Bonchev–Trinajstić information content (AvgIpc) is 3.10. The number of hydrogen-bond donors (Lipinski definition) is 2. The van der Waals surface area contributed by atoms with Crippen LogP contribution in [0.3, 0.4) is 0 Å². The van der Waals surface area contributed by atoms with Gasteiger partial charge in [0.05, 0.1) is 34.9 Å². The summed E-state index contributed by atoms with van der Waals surface area (Å²) in [5.41, 5.74) is 1.88. The van der Waals surface area contributed by atoms with Gasteiger partial charge in [-0.25, -0.2) is 4.98 Å². The average molecular weight is 479 g/mol. The summed E-state index contributed by atoms with van der Waals surface area (Å²) in [5.74, 6) is 1.21. The molecule has 0 amide bonds. The molecule has 2 saturated heterocycles. The Balaban J connectivity index is 1.49. The first-order valence-electron chi connectivity index (χ1n) is 11.0. The van der Waals surface area contributed by atoms with Crippen molar-refractivity contribution in [2.24, 2.45) is 11.8 Å². The number of nitrogens with one attached hydrogen (secondary N) is 2. The van der Waals surface area contributed by atoms with Crippen LogP contribution in [-0.2, 0) is 20.7 Å². The molecule has 2 aliphatic rings. The van der Waals surface area contributed by atoms with Crippen LogP contribution in [0, 0.1) is 11.8 Å². The van der Waals surface area contributed by atoms with Gasteiger partial charge in [-0.05, 0) is 37.0 Å². The zero-order chi connectivity index (χ0) is 22.3. The summed E-state index contributed by atoms with van der Waals surface area (Å²) >= 11 is 12.9. The first kappa shape index (κ1) is 23.4. The molecule has 2 aromatic rings. The van der Waals surface area contributed by atoms with Crippen LogP contribution in [0.25, 0.3) is 11.3 Å². The number of hydrogen-bond acceptors (Lipinski definition) is 7. The van der Waals surface area contributed by atoms with Gasteiger partial charge in [-0.1, -0.05) is 23.2 Å². The zero-order valence-corrected chi connectivity index (χ0v) is 19.4. The molecular formula is C23H28Cl2N4O3. The highest BCUT2D eigenvalue weighted by Crippen LogP contribution is 2.33. The van der Waals surface area contributed by atoms with Crippen molar-refractivity contribution in [3.05, 3.63) is 40.1 Å². The smallest absolute Gasteiger partial charge is 0.145 e. The number of anilines is 1. The van der Waals surface area contributed by atoms with E-state index >= 15 is 0 Å². The number of aromatic nitrogens is 2. The van der Waals surface area contributed by atoms with Crippen LogP contribution in [0.5, 0.6) is 0 Å². The number of ketones is 1.